The molecule has 0 saturated carbocycles. The number of carbonyl (C=O) groups is 1. The van der Waals surface area contributed by atoms with Gasteiger partial charge in [-0.05, 0) is 12.1 Å². The molecular weight excluding hydrogens is 244 g/mol. The average molecular weight is 260 g/mol. The zero-order valence-electron chi connectivity index (χ0n) is 10.7. The van der Waals surface area contributed by atoms with Crippen molar-refractivity contribution in [1.29, 1.82) is 0 Å². The number of benzene rings is 1. The zero-order valence-corrected chi connectivity index (χ0v) is 10.7. The predicted molar refractivity (Wildman–Crippen MR) is 72.0 cm³/mol. The molecule has 5 nitrogen and oxygen atoms in total. The number of aromatic nitrogens is 1. The molecule has 0 radical (unpaired) electrons. The van der Waals surface area contributed by atoms with Crippen molar-refractivity contribution in [2.75, 3.05) is 20.3 Å². The van der Waals surface area contributed by atoms with E-state index in [1.165, 1.54) is 7.11 Å². The fourth-order valence-electron chi connectivity index (χ4n) is 1.89. The molecule has 0 aliphatic carbocycles. The van der Waals surface area contributed by atoms with Crippen LogP contribution >= 0.6 is 0 Å². The highest BCUT2D eigenvalue weighted by Crippen LogP contribution is 2.15. The Morgan fingerprint density at radius 2 is 2.21 bits per heavy atom. The molecule has 1 atom stereocenters. The average Bonchev–Trinajstić information content (AvgIpc) is 2.46. The van der Waals surface area contributed by atoms with Crippen molar-refractivity contribution in [3.05, 3.63) is 42.1 Å². The SMILES string of the molecule is COCC(CO)NC(=O)c1cccc2cccnc12. The first-order valence-corrected chi connectivity index (χ1v) is 6.00. The Morgan fingerprint density at radius 3 is 2.95 bits per heavy atom. The van der Waals surface area contributed by atoms with Gasteiger partial charge < -0.3 is 15.2 Å². The summed E-state index contributed by atoms with van der Waals surface area (Å²) in [7, 11) is 1.52. The molecule has 1 amide bonds. The smallest absolute Gasteiger partial charge is 0.253 e. The maximum Gasteiger partial charge on any atom is 0.253 e. The van der Waals surface area contributed by atoms with Crippen molar-refractivity contribution in [3.8, 4) is 0 Å². The third-order valence-electron chi connectivity index (χ3n) is 2.80. The summed E-state index contributed by atoms with van der Waals surface area (Å²) in [6.07, 6.45) is 1.65. The van der Waals surface area contributed by atoms with E-state index in [1.807, 2.05) is 24.3 Å². The van der Waals surface area contributed by atoms with E-state index in [9.17, 15) is 4.79 Å². The number of hydrogen-bond donors (Lipinski definition) is 2. The van der Waals surface area contributed by atoms with Crippen LogP contribution in [0.3, 0.4) is 0 Å². The van der Waals surface area contributed by atoms with Crippen LogP contribution in [0.4, 0.5) is 0 Å². The second-order valence-electron chi connectivity index (χ2n) is 4.19. The lowest BCUT2D eigenvalue weighted by Gasteiger charge is -2.15. The largest absolute Gasteiger partial charge is 0.394 e. The highest BCUT2D eigenvalue weighted by molar-refractivity contribution is 6.05. The molecular formula is C14H16N2O3. The first-order chi connectivity index (χ1) is 9.26. The van der Waals surface area contributed by atoms with Crippen LogP contribution in [0, 0.1) is 0 Å². The Labute approximate surface area is 111 Å². The molecule has 1 unspecified atom stereocenters. The third kappa shape index (κ3) is 3.07. The first kappa shape index (κ1) is 13.5. The monoisotopic (exact) mass is 260 g/mol. The number of pyridine rings is 1. The lowest BCUT2D eigenvalue weighted by atomic mass is 10.1. The first-order valence-electron chi connectivity index (χ1n) is 6.00. The van der Waals surface area contributed by atoms with Gasteiger partial charge in [0.15, 0.2) is 0 Å². The van der Waals surface area contributed by atoms with Gasteiger partial charge in [-0.1, -0.05) is 18.2 Å². The predicted octanol–water partition coefficient (Wildman–Crippen LogP) is 0.972. The Bertz CT molecular complexity index is 566. The summed E-state index contributed by atoms with van der Waals surface area (Å²) in [4.78, 5) is 16.4. The van der Waals surface area contributed by atoms with Gasteiger partial charge in [0.1, 0.15) is 0 Å². The molecule has 19 heavy (non-hydrogen) atoms. The number of hydrogen-bond acceptors (Lipinski definition) is 4. The molecule has 0 spiro atoms. The van der Waals surface area contributed by atoms with E-state index in [4.69, 9.17) is 9.84 Å². The number of aliphatic hydroxyl groups is 1. The minimum atomic E-state index is -0.420. The summed E-state index contributed by atoms with van der Waals surface area (Å²) in [6, 6.07) is 8.73. The van der Waals surface area contributed by atoms with E-state index < -0.39 is 6.04 Å². The molecule has 1 aromatic carbocycles. The number of nitrogens with zero attached hydrogens (tertiary/aromatic N) is 1. The van der Waals surface area contributed by atoms with Gasteiger partial charge in [-0.15, -0.1) is 0 Å². The summed E-state index contributed by atoms with van der Waals surface area (Å²) >= 11 is 0. The van der Waals surface area contributed by atoms with Crippen molar-refractivity contribution in [1.82, 2.24) is 10.3 Å². The highest BCUT2D eigenvalue weighted by Gasteiger charge is 2.15. The second kappa shape index (κ2) is 6.26. The molecule has 0 fully saturated rings. The number of fused-ring (bicyclic) bond motifs is 1. The highest BCUT2D eigenvalue weighted by atomic mass is 16.5. The summed E-state index contributed by atoms with van der Waals surface area (Å²) in [5.41, 5.74) is 1.14. The van der Waals surface area contributed by atoms with Crippen LogP contribution in [-0.4, -0.2) is 42.4 Å². The summed E-state index contributed by atoms with van der Waals surface area (Å²) in [6.45, 7) is 0.0954. The molecule has 2 N–H and O–H groups in total. The van der Waals surface area contributed by atoms with Crippen LogP contribution < -0.4 is 5.32 Å². The number of carbonyl (C=O) groups excluding carboxylic acids is 1. The minimum Gasteiger partial charge on any atom is -0.394 e. The van der Waals surface area contributed by atoms with Crippen LogP contribution in [-0.2, 0) is 4.74 Å². The molecule has 0 bridgehead atoms. The van der Waals surface area contributed by atoms with Gasteiger partial charge in [0.05, 0.1) is 30.3 Å². The number of nitrogens with one attached hydrogen (secondary N) is 1. The zero-order chi connectivity index (χ0) is 13.7. The fraction of sp³-hybridized carbons (Fsp3) is 0.286. The van der Waals surface area contributed by atoms with E-state index in [0.29, 0.717) is 11.1 Å². The summed E-state index contributed by atoms with van der Waals surface area (Å²) < 4.78 is 4.93. The van der Waals surface area contributed by atoms with E-state index in [1.54, 1.807) is 12.3 Å². The number of amides is 1. The van der Waals surface area contributed by atoms with Crippen LogP contribution in [0.15, 0.2) is 36.5 Å². The Balaban J connectivity index is 2.26. The van der Waals surface area contributed by atoms with Gasteiger partial charge in [-0.3, -0.25) is 9.78 Å². The molecule has 100 valence electrons. The molecule has 0 saturated heterocycles. The Hall–Kier alpha value is -1.98. The maximum atomic E-state index is 12.2. The summed E-state index contributed by atoms with van der Waals surface area (Å²) in [5, 5.41) is 12.8. The van der Waals surface area contributed by atoms with Gasteiger partial charge in [-0.25, -0.2) is 0 Å². The van der Waals surface area contributed by atoms with Gasteiger partial charge in [0.25, 0.3) is 5.91 Å². The number of para-hydroxylation sites is 1. The number of methoxy groups -OCH3 is 1. The molecule has 2 aromatic rings. The Kier molecular flexibility index (Phi) is 4.43. The van der Waals surface area contributed by atoms with Gasteiger partial charge in [-0.2, -0.15) is 0 Å². The maximum absolute atomic E-state index is 12.2. The fourth-order valence-corrected chi connectivity index (χ4v) is 1.89. The van der Waals surface area contributed by atoms with Gasteiger partial charge >= 0.3 is 0 Å². The molecule has 0 aliphatic heterocycles. The van der Waals surface area contributed by atoms with Gasteiger partial charge in [0, 0.05) is 18.7 Å². The normalized spacial score (nSPS) is 12.3. The lowest BCUT2D eigenvalue weighted by molar-refractivity contribution is 0.0841. The lowest BCUT2D eigenvalue weighted by Crippen LogP contribution is -2.40. The topological polar surface area (TPSA) is 71.5 Å². The summed E-state index contributed by atoms with van der Waals surface area (Å²) in [5.74, 6) is -0.264. The number of ether oxygens (including phenoxy) is 1. The quantitative estimate of drug-likeness (QED) is 0.840. The molecule has 1 aromatic heterocycles. The molecule has 5 heteroatoms. The van der Waals surface area contributed by atoms with Crippen molar-refractivity contribution >= 4 is 16.8 Å². The van der Waals surface area contributed by atoms with E-state index in [2.05, 4.69) is 10.3 Å². The van der Waals surface area contributed by atoms with Gasteiger partial charge in [0.2, 0.25) is 0 Å². The van der Waals surface area contributed by atoms with Crippen molar-refractivity contribution in [2.45, 2.75) is 6.04 Å². The van der Waals surface area contributed by atoms with E-state index in [0.717, 1.165) is 5.39 Å². The third-order valence-corrected chi connectivity index (χ3v) is 2.80. The van der Waals surface area contributed by atoms with Crippen LogP contribution in [0.1, 0.15) is 10.4 Å². The van der Waals surface area contributed by atoms with E-state index >= 15 is 0 Å². The molecule has 0 aliphatic rings. The number of rotatable bonds is 5. The minimum absolute atomic E-state index is 0.169. The van der Waals surface area contributed by atoms with E-state index in [-0.39, 0.29) is 19.1 Å². The molecule has 2 rings (SSSR count). The van der Waals surface area contributed by atoms with Crippen molar-refractivity contribution in [2.24, 2.45) is 0 Å². The van der Waals surface area contributed by atoms with Crippen LogP contribution in [0.25, 0.3) is 10.9 Å². The van der Waals surface area contributed by atoms with Crippen molar-refractivity contribution < 1.29 is 14.6 Å². The molecule has 1 heterocycles. The standard InChI is InChI=1S/C14H16N2O3/c1-19-9-11(8-17)16-14(18)12-6-2-4-10-5-3-7-15-13(10)12/h2-7,11,17H,8-9H2,1H3,(H,16,18). The second-order valence-corrected chi connectivity index (χ2v) is 4.19. The number of aliphatic hydroxyl groups excluding tert-OH is 1. The van der Waals surface area contributed by atoms with Crippen molar-refractivity contribution in [3.63, 3.8) is 0 Å². The van der Waals surface area contributed by atoms with Crippen LogP contribution in [0.2, 0.25) is 0 Å². The van der Waals surface area contributed by atoms with Crippen LogP contribution in [0.5, 0.6) is 0 Å². The Morgan fingerprint density at radius 1 is 1.42 bits per heavy atom.